The second-order valence-corrected chi connectivity index (χ2v) is 2.53. The molecule has 0 aromatic rings. The topological polar surface area (TPSA) is 52.6 Å². The van der Waals surface area contributed by atoms with Crippen LogP contribution in [0.25, 0.3) is 0 Å². The standard InChI is InChI=1S/C8H10O4/c1-5-7(9)3-6(12-5)4-8(10)11-2/h3,5H,4H2,1-2H3. The number of hydrogen-bond acceptors (Lipinski definition) is 4. The summed E-state index contributed by atoms with van der Waals surface area (Å²) in [5.41, 5.74) is 0. The van der Waals surface area contributed by atoms with Crippen molar-refractivity contribution < 1.29 is 19.1 Å². The molecule has 4 heteroatoms. The highest BCUT2D eigenvalue weighted by molar-refractivity contribution is 5.96. The maximum Gasteiger partial charge on any atom is 0.313 e. The van der Waals surface area contributed by atoms with Gasteiger partial charge in [0, 0.05) is 6.08 Å². The van der Waals surface area contributed by atoms with Crippen LogP contribution in [0.2, 0.25) is 0 Å². The Hall–Kier alpha value is -1.32. The summed E-state index contributed by atoms with van der Waals surface area (Å²) in [6, 6.07) is 0. The fraction of sp³-hybridized carbons (Fsp3) is 0.500. The van der Waals surface area contributed by atoms with Crippen molar-refractivity contribution >= 4 is 11.8 Å². The quantitative estimate of drug-likeness (QED) is 0.563. The monoisotopic (exact) mass is 170 g/mol. The molecule has 0 aliphatic carbocycles. The van der Waals surface area contributed by atoms with Crippen LogP contribution in [0.1, 0.15) is 13.3 Å². The van der Waals surface area contributed by atoms with Crippen LogP contribution in [-0.4, -0.2) is 25.0 Å². The average molecular weight is 170 g/mol. The van der Waals surface area contributed by atoms with E-state index in [4.69, 9.17) is 4.74 Å². The van der Waals surface area contributed by atoms with Gasteiger partial charge in [0.25, 0.3) is 0 Å². The first-order valence-corrected chi connectivity index (χ1v) is 3.61. The van der Waals surface area contributed by atoms with E-state index in [0.717, 1.165) is 0 Å². The number of ketones is 1. The molecule has 0 spiro atoms. The Morgan fingerprint density at radius 2 is 2.42 bits per heavy atom. The van der Waals surface area contributed by atoms with Crippen molar-refractivity contribution in [3.8, 4) is 0 Å². The molecule has 66 valence electrons. The van der Waals surface area contributed by atoms with Gasteiger partial charge in [-0.2, -0.15) is 0 Å². The Morgan fingerprint density at radius 1 is 1.75 bits per heavy atom. The van der Waals surface area contributed by atoms with Crippen molar-refractivity contribution in [3.05, 3.63) is 11.8 Å². The van der Waals surface area contributed by atoms with E-state index in [1.54, 1.807) is 6.92 Å². The van der Waals surface area contributed by atoms with Gasteiger partial charge in [0.05, 0.1) is 7.11 Å². The number of ether oxygens (including phenoxy) is 2. The molecular formula is C8H10O4. The van der Waals surface area contributed by atoms with Gasteiger partial charge in [0.15, 0.2) is 11.9 Å². The number of carbonyl (C=O) groups is 2. The van der Waals surface area contributed by atoms with Crippen LogP contribution in [-0.2, 0) is 19.1 Å². The zero-order chi connectivity index (χ0) is 9.14. The van der Waals surface area contributed by atoms with Crippen molar-refractivity contribution in [2.75, 3.05) is 7.11 Å². The van der Waals surface area contributed by atoms with Gasteiger partial charge in [-0.05, 0) is 6.92 Å². The van der Waals surface area contributed by atoms with Crippen LogP contribution < -0.4 is 0 Å². The smallest absolute Gasteiger partial charge is 0.313 e. The van der Waals surface area contributed by atoms with Crippen LogP contribution in [0.15, 0.2) is 11.8 Å². The molecule has 1 aliphatic rings. The number of methoxy groups -OCH3 is 1. The maximum absolute atomic E-state index is 10.9. The largest absolute Gasteiger partial charge is 0.486 e. The molecule has 0 saturated heterocycles. The zero-order valence-corrected chi connectivity index (χ0v) is 6.99. The van der Waals surface area contributed by atoms with Gasteiger partial charge in [-0.25, -0.2) is 0 Å². The maximum atomic E-state index is 10.9. The fourth-order valence-corrected chi connectivity index (χ4v) is 0.902. The highest BCUT2D eigenvalue weighted by Gasteiger charge is 2.23. The van der Waals surface area contributed by atoms with Gasteiger partial charge in [0.2, 0.25) is 0 Å². The minimum Gasteiger partial charge on any atom is -0.486 e. The first kappa shape index (κ1) is 8.77. The Bertz CT molecular complexity index is 241. The number of rotatable bonds is 2. The Balaban J connectivity index is 2.51. The van der Waals surface area contributed by atoms with Crippen molar-refractivity contribution in [1.29, 1.82) is 0 Å². The molecule has 0 amide bonds. The third-order valence-electron chi connectivity index (χ3n) is 1.58. The van der Waals surface area contributed by atoms with Crippen molar-refractivity contribution in [2.45, 2.75) is 19.4 Å². The SMILES string of the molecule is COC(=O)CC1=CC(=O)C(C)O1. The number of hydrogen-bond donors (Lipinski definition) is 0. The lowest BCUT2D eigenvalue weighted by atomic mass is 10.2. The molecule has 12 heavy (non-hydrogen) atoms. The molecule has 1 heterocycles. The van der Waals surface area contributed by atoms with E-state index in [-0.39, 0.29) is 12.2 Å². The predicted octanol–water partition coefficient (Wildman–Crippen LogP) is 0.421. The summed E-state index contributed by atoms with van der Waals surface area (Å²) >= 11 is 0. The van der Waals surface area contributed by atoms with Gasteiger partial charge in [-0.3, -0.25) is 9.59 Å². The summed E-state index contributed by atoms with van der Waals surface area (Å²) in [7, 11) is 1.29. The second-order valence-electron chi connectivity index (χ2n) is 2.53. The molecule has 0 aromatic carbocycles. The summed E-state index contributed by atoms with van der Waals surface area (Å²) < 4.78 is 9.47. The van der Waals surface area contributed by atoms with E-state index in [9.17, 15) is 9.59 Å². The molecular weight excluding hydrogens is 160 g/mol. The Morgan fingerprint density at radius 3 is 2.83 bits per heavy atom. The average Bonchev–Trinajstić information content (AvgIpc) is 2.31. The molecule has 0 bridgehead atoms. The summed E-state index contributed by atoms with van der Waals surface area (Å²) in [6.07, 6.45) is 0.915. The normalized spacial score (nSPS) is 21.7. The molecule has 0 saturated carbocycles. The summed E-state index contributed by atoms with van der Waals surface area (Å²) in [6.45, 7) is 1.64. The molecule has 4 nitrogen and oxygen atoms in total. The zero-order valence-electron chi connectivity index (χ0n) is 6.99. The van der Waals surface area contributed by atoms with Gasteiger partial charge in [-0.15, -0.1) is 0 Å². The molecule has 1 unspecified atom stereocenters. The summed E-state index contributed by atoms with van der Waals surface area (Å²) in [4.78, 5) is 21.6. The Labute approximate surface area is 70.1 Å². The molecule has 0 aromatic heterocycles. The Kier molecular flexibility index (Phi) is 2.47. The lowest BCUT2D eigenvalue weighted by molar-refractivity contribution is -0.140. The molecule has 0 N–H and O–H groups in total. The van der Waals surface area contributed by atoms with E-state index in [1.807, 2.05) is 0 Å². The lowest BCUT2D eigenvalue weighted by Gasteiger charge is -2.05. The molecule has 1 atom stereocenters. The fourth-order valence-electron chi connectivity index (χ4n) is 0.902. The first-order valence-electron chi connectivity index (χ1n) is 3.61. The van der Waals surface area contributed by atoms with Crippen LogP contribution in [0.3, 0.4) is 0 Å². The third-order valence-corrected chi connectivity index (χ3v) is 1.58. The number of carbonyl (C=O) groups excluding carboxylic acids is 2. The van der Waals surface area contributed by atoms with E-state index < -0.39 is 12.1 Å². The first-order chi connectivity index (χ1) is 5.63. The third kappa shape index (κ3) is 1.84. The van der Waals surface area contributed by atoms with Gasteiger partial charge < -0.3 is 9.47 Å². The van der Waals surface area contributed by atoms with E-state index in [0.29, 0.717) is 5.76 Å². The number of esters is 1. The minimum absolute atomic E-state index is 0.0343. The summed E-state index contributed by atoms with van der Waals surface area (Å²) in [5.74, 6) is -0.114. The van der Waals surface area contributed by atoms with Crippen molar-refractivity contribution in [2.24, 2.45) is 0 Å². The van der Waals surface area contributed by atoms with Crippen molar-refractivity contribution in [1.82, 2.24) is 0 Å². The van der Waals surface area contributed by atoms with Gasteiger partial charge in [0.1, 0.15) is 12.2 Å². The molecule has 0 fully saturated rings. The van der Waals surface area contributed by atoms with E-state index in [2.05, 4.69) is 4.74 Å². The lowest BCUT2D eigenvalue weighted by Crippen LogP contribution is -2.10. The molecule has 0 radical (unpaired) electrons. The molecule has 1 rings (SSSR count). The minimum atomic E-state index is -0.454. The predicted molar refractivity (Wildman–Crippen MR) is 40.3 cm³/mol. The van der Waals surface area contributed by atoms with E-state index >= 15 is 0 Å². The molecule has 1 aliphatic heterocycles. The van der Waals surface area contributed by atoms with Crippen LogP contribution in [0.4, 0.5) is 0 Å². The van der Waals surface area contributed by atoms with Crippen LogP contribution >= 0.6 is 0 Å². The van der Waals surface area contributed by atoms with E-state index in [1.165, 1.54) is 13.2 Å². The van der Waals surface area contributed by atoms with Gasteiger partial charge in [-0.1, -0.05) is 0 Å². The van der Waals surface area contributed by atoms with Crippen LogP contribution in [0, 0.1) is 0 Å². The van der Waals surface area contributed by atoms with Crippen molar-refractivity contribution in [3.63, 3.8) is 0 Å². The summed E-state index contributed by atoms with van der Waals surface area (Å²) in [5, 5.41) is 0. The highest BCUT2D eigenvalue weighted by atomic mass is 16.5. The highest BCUT2D eigenvalue weighted by Crippen LogP contribution is 2.16. The second kappa shape index (κ2) is 3.38. The van der Waals surface area contributed by atoms with Gasteiger partial charge >= 0.3 is 5.97 Å². The van der Waals surface area contributed by atoms with Crippen LogP contribution in [0.5, 0.6) is 0 Å².